The van der Waals surface area contributed by atoms with Crippen LogP contribution in [0.2, 0.25) is 0 Å². The fraction of sp³-hybridized carbons (Fsp3) is 0.143. The summed E-state index contributed by atoms with van der Waals surface area (Å²) in [5.41, 5.74) is 1.34. The van der Waals surface area contributed by atoms with Crippen molar-refractivity contribution < 1.29 is 19.4 Å². The standard InChI is InChI=1S/C14H10O4S/c15-13(12-2-1-5-19-12)8-3-4-10-9(6-8)7-11(18-10)14(16)17/h1-6,11H,7H2,(H,16,17). The van der Waals surface area contributed by atoms with Crippen molar-refractivity contribution in [1.82, 2.24) is 0 Å². The first kappa shape index (κ1) is 11.9. The van der Waals surface area contributed by atoms with Crippen molar-refractivity contribution in [2.45, 2.75) is 12.5 Å². The molecule has 4 nitrogen and oxygen atoms in total. The van der Waals surface area contributed by atoms with Gasteiger partial charge in [-0.25, -0.2) is 4.79 Å². The van der Waals surface area contributed by atoms with Crippen molar-refractivity contribution in [3.8, 4) is 5.75 Å². The molecule has 0 amide bonds. The maximum Gasteiger partial charge on any atom is 0.345 e. The van der Waals surface area contributed by atoms with Crippen molar-refractivity contribution in [3.05, 3.63) is 51.7 Å². The second-order valence-corrected chi connectivity index (χ2v) is 5.23. The van der Waals surface area contributed by atoms with Gasteiger partial charge in [0, 0.05) is 12.0 Å². The first-order valence-electron chi connectivity index (χ1n) is 5.76. The van der Waals surface area contributed by atoms with Crippen LogP contribution in [0.1, 0.15) is 20.8 Å². The monoisotopic (exact) mass is 274 g/mol. The van der Waals surface area contributed by atoms with E-state index in [4.69, 9.17) is 9.84 Å². The SMILES string of the molecule is O=C(c1ccc2c(c1)CC(C(=O)O)O2)c1cccs1. The van der Waals surface area contributed by atoms with Gasteiger partial charge in [-0.1, -0.05) is 6.07 Å². The molecule has 0 saturated carbocycles. The Hall–Kier alpha value is -2.14. The van der Waals surface area contributed by atoms with E-state index in [2.05, 4.69) is 0 Å². The number of fused-ring (bicyclic) bond motifs is 1. The summed E-state index contributed by atoms with van der Waals surface area (Å²) in [5.74, 6) is -0.478. The second-order valence-electron chi connectivity index (χ2n) is 4.28. The predicted molar refractivity (Wildman–Crippen MR) is 69.9 cm³/mol. The summed E-state index contributed by atoms with van der Waals surface area (Å²) in [5, 5.41) is 10.8. The van der Waals surface area contributed by atoms with E-state index in [9.17, 15) is 9.59 Å². The van der Waals surface area contributed by atoms with Crippen molar-refractivity contribution in [1.29, 1.82) is 0 Å². The van der Waals surface area contributed by atoms with E-state index >= 15 is 0 Å². The molecule has 0 saturated heterocycles. The summed E-state index contributed by atoms with van der Waals surface area (Å²) in [6.45, 7) is 0. The molecule has 3 rings (SSSR count). The molecule has 1 aliphatic rings. The summed E-state index contributed by atoms with van der Waals surface area (Å²) in [6.07, 6.45) is -0.543. The van der Waals surface area contributed by atoms with Gasteiger partial charge in [-0.15, -0.1) is 11.3 Å². The zero-order valence-corrected chi connectivity index (χ0v) is 10.6. The van der Waals surface area contributed by atoms with Crippen LogP contribution in [0.4, 0.5) is 0 Å². The van der Waals surface area contributed by atoms with Crippen LogP contribution in [0.15, 0.2) is 35.7 Å². The van der Waals surface area contributed by atoms with Crippen LogP contribution >= 0.6 is 11.3 Å². The minimum absolute atomic E-state index is 0.0448. The molecule has 0 radical (unpaired) electrons. The average Bonchev–Trinajstić information content (AvgIpc) is 3.06. The molecular formula is C14H10O4S. The number of benzene rings is 1. The minimum Gasteiger partial charge on any atom is -0.478 e. The third-order valence-corrected chi connectivity index (χ3v) is 3.89. The molecule has 1 atom stereocenters. The first-order chi connectivity index (χ1) is 9.15. The van der Waals surface area contributed by atoms with Crippen LogP contribution in [0.3, 0.4) is 0 Å². The number of rotatable bonds is 3. The molecule has 0 bridgehead atoms. The van der Waals surface area contributed by atoms with Crippen LogP contribution in [0.5, 0.6) is 5.75 Å². The Morgan fingerprint density at radius 2 is 2.16 bits per heavy atom. The molecular weight excluding hydrogens is 264 g/mol. The lowest BCUT2D eigenvalue weighted by Gasteiger charge is -2.03. The van der Waals surface area contributed by atoms with Gasteiger partial charge in [0.1, 0.15) is 5.75 Å². The summed E-state index contributed by atoms with van der Waals surface area (Å²) in [6, 6.07) is 8.66. The van der Waals surface area contributed by atoms with Crippen LogP contribution in [0, 0.1) is 0 Å². The Morgan fingerprint density at radius 1 is 1.32 bits per heavy atom. The van der Waals surface area contributed by atoms with Crippen LogP contribution in [-0.4, -0.2) is 23.0 Å². The predicted octanol–water partition coefficient (Wildman–Crippen LogP) is 2.37. The molecule has 96 valence electrons. The quantitative estimate of drug-likeness (QED) is 0.873. The van der Waals surface area contributed by atoms with Crippen molar-refractivity contribution in [2.75, 3.05) is 0 Å². The van der Waals surface area contributed by atoms with Gasteiger partial charge >= 0.3 is 5.97 Å². The van der Waals surface area contributed by atoms with E-state index in [1.165, 1.54) is 11.3 Å². The molecule has 2 aromatic rings. The highest BCUT2D eigenvalue weighted by molar-refractivity contribution is 7.12. The number of hydrogen-bond donors (Lipinski definition) is 1. The molecule has 19 heavy (non-hydrogen) atoms. The number of ketones is 1. The van der Waals surface area contributed by atoms with Gasteiger partial charge in [0.05, 0.1) is 4.88 Å². The largest absolute Gasteiger partial charge is 0.478 e. The van der Waals surface area contributed by atoms with Gasteiger partial charge < -0.3 is 9.84 Å². The van der Waals surface area contributed by atoms with E-state index in [1.807, 2.05) is 11.4 Å². The highest BCUT2D eigenvalue weighted by Crippen LogP contribution is 2.30. The molecule has 1 aliphatic heterocycles. The normalized spacial score (nSPS) is 16.7. The maximum absolute atomic E-state index is 12.2. The number of carbonyl (C=O) groups is 2. The van der Waals surface area contributed by atoms with Gasteiger partial charge in [0.2, 0.25) is 5.78 Å². The topological polar surface area (TPSA) is 63.6 Å². The van der Waals surface area contributed by atoms with E-state index < -0.39 is 12.1 Å². The fourth-order valence-electron chi connectivity index (χ4n) is 2.08. The summed E-state index contributed by atoms with van der Waals surface area (Å²) in [4.78, 5) is 23.7. The molecule has 0 fully saturated rings. The summed E-state index contributed by atoms with van der Waals surface area (Å²) >= 11 is 1.39. The number of carboxylic acid groups (broad SMARTS) is 1. The van der Waals surface area contributed by atoms with E-state index in [0.717, 1.165) is 5.56 Å². The molecule has 1 unspecified atom stereocenters. The van der Waals surface area contributed by atoms with Crippen LogP contribution in [0.25, 0.3) is 0 Å². The highest BCUT2D eigenvalue weighted by atomic mass is 32.1. The number of hydrogen-bond acceptors (Lipinski definition) is 4. The second kappa shape index (κ2) is 4.51. The summed E-state index contributed by atoms with van der Waals surface area (Å²) in [7, 11) is 0. The van der Waals surface area contributed by atoms with Gasteiger partial charge in [-0.2, -0.15) is 0 Å². The maximum atomic E-state index is 12.2. The van der Waals surface area contributed by atoms with E-state index in [-0.39, 0.29) is 5.78 Å². The highest BCUT2D eigenvalue weighted by Gasteiger charge is 2.29. The smallest absolute Gasteiger partial charge is 0.345 e. The number of aliphatic carboxylic acids is 1. The van der Waals surface area contributed by atoms with Crippen LogP contribution < -0.4 is 4.74 Å². The lowest BCUT2D eigenvalue weighted by molar-refractivity contribution is -0.144. The third-order valence-electron chi connectivity index (χ3n) is 3.02. The Morgan fingerprint density at radius 3 is 2.84 bits per heavy atom. The Balaban J connectivity index is 1.90. The summed E-state index contributed by atoms with van der Waals surface area (Å²) < 4.78 is 5.29. The number of carboxylic acids is 1. The van der Waals surface area contributed by atoms with Crippen molar-refractivity contribution >= 4 is 23.1 Å². The molecule has 1 N–H and O–H groups in total. The molecule has 1 aromatic carbocycles. The van der Waals surface area contributed by atoms with Crippen molar-refractivity contribution in [3.63, 3.8) is 0 Å². The lowest BCUT2D eigenvalue weighted by atomic mass is 10.0. The Kier molecular flexibility index (Phi) is 2.83. The van der Waals surface area contributed by atoms with E-state index in [0.29, 0.717) is 22.6 Å². The van der Waals surface area contributed by atoms with Crippen molar-refractivity contribution in [2.24, 2.45) is 0 Å². The number of thiophene rings is 1. The minimum atomic E-state index is -0.984. The van der Waals surface area contributed by atoms with E-state index in [1.54, 1.807) is 24.3 Å². The van der Waals surface area contributed by atoms with Gasteiger partial charge in [-0.05, 0) is 35.2 Å². The zero-order chi connectivity index (χ0) is 13.4. The molecule has 2 heterocycles. The van der Waals surface area contributed by atoms with Crippen LogP contribution in [-0.2, 0) is 11.2 Å². The zero-order valence-electron chi connectivity index (χ0n) is 9.83. The third kappa shape index (κ3) is 2.13. The first-order valence-corrected chi connectivity index (χ1v) is 6.64. The Bertz CT molecular complexity index is 645. The average molecular weight is 274 g/mol. The molecule has 0 aliphatic carbocycles. The number of ether oxygens (including phenoxy) is 1. The van der Waals surface area contributed by atoms with Gasteiger partial charge in [0.15, 0.2) is 6.10 Å². The molecule has 5 heteroatoms. The fourth-order valence-corrected chi connectivity index (χ4v) is 2.76. The molecule has 1 aromatic heterocycles. The molecule has 0 spiro atoms. The number of carbonyl (C=O) groups excluding carboxylic acids is 1. The van der Waals surface area contributed by atoms with Gasteiger partial charge in [0.25, 0.3) is 0 Å². The lowest BCUT2D eigenvalue weighted by Crippen LogP contribution is -2.24. The Labute approximate surface area is 113 Å². The van der Waals surface area contributed by atoms with Gasteiger partial charge in [-0.3, -0.25) is 4.79 Å².